The number of rotatable bonds is 4. The minimum Gasteiger partial charge on any atom is -0.469 e. The van der Waals surface area contributed by atoms with Gasteiger partial charge in [-0.3, -0.25) is 0 Å². The lowest BCUT2D eigenvalue weighted by Crippen LogP contribution is -2.04. The maximum absolute atomic E-state index is 12.5. The molecule has 0 aliphatic rings. The Hall–Kier alpha value is -3.43. The molecular weight excluding hydrogens is 351 g/mol. The van der Waals surface area contributed by atoms with Crippen molar-refractivity contribution in [3.8, 4) is 17.3 Å². The van der Waals surface area contributed by atoms with Crippen LogP contribution in [-0.4, -0.2) is 25.1 Å². The Morgan fingerprint density at radius 1 is 1.12 bits per heavy atom. The molecule has 10 heteroatoms. The Morgan fingerprint density at radius 2 is 1.96 bits per heavy atom. The van der Waals surface area contributed by atoms with E-state index in [0.717, 1.165) is 11.0 Å². The van der Waals surface area contributed by atoms with Crippen molar-refractivity contribution in [3.63, 3.8) is 0 Å². The molecule has 132 valence electrons. The Labute approximate surface area is 143 Å². The molecule has 0 saturated heterocycles. The van der Waals surface area contributed by atoms with Crippen molar-refractivity contribution in [2.45, 2.75) is 12.8 Å². The fraction of sp³-hybridized carbons (Fsp3) is 0.125. The van der Waals surface area contributed by atoms with Crippen molar-refractivity contribution in [1.82, 2.24) is 25.1 Å². The molecule has 4 aromatic rings. The number of para-hydroxylation sites is 2. The van der Waals surface area contributed by atoms with Gasteiger partial charge < -0.3 is 14.2 Å². The zero-order chi connectivity index (χ0) is 18.1. The van der Waals surface area contributed by atoms with Crippen LogP contribution >= 0.6 is 0 Å². The predicted molar refractivity (Wildman–Crippen MR) is 83.0 cm³/mol. The van der Waals surface area contributed by atoms with Crippen LogP contribution in [0.5, 0.6) is 5.88 Å². The zero-order valence-corrected chi connectivity index (χ0v) is 13.0. The van der Waals surface area contributed by atoms with Gasteiger partial charge in [0.1, 0.15) is 12.4 Å². The maximum atomic E-state index is 12.5. The van der Waals surface area contributed by atoms with Crippen molar-refractivity contribution in [1.29, 1.82) is 0 Å². The average molecular weight is 361 g/mol. The van der Waals surface area contributed by atoms with E-state index in [1.54, 1.807) is 0 Å². The monoisotopic (exact) mass is 361 g/mol. The number of ether oxygens (including phenoxy) is 1. The first-order chi connectivity index (χ1) is 12.5. The number of benzene rings is 1. The Bertz CT molecular complexity index is 1020. The fourth-order valence-electron chi connectivity index (χ4n) is 2.30. The number of halogens is 3. The van der Waals surface area contributed by atoms with E-state index in [0.29, 0.717) is 11.4 Å². The third-order valence-corrected chi connectivity index (χ3v) is 3.46. The molecule has 7 nitrogen and oxygen atoms in total. The van der Waals surface area contributed by atoms with Gasteiger partial charge in [-0.05, 0) is 18.2 Å². The van der Waals surface area contributed by atoms with Gasteiger partial charge in [-0.15, -0.1) is 0 Å². The molecule has 0 atom stereocenters. The summed E-state index contributed by atoms with van der Waals surface area (Å²) in [5.41, 5.74) is 1.97. The van der Waals surface area contributed by atoms with Gasteiger partial charge >= 0.3 is 12.1 Å². The average Bonchev–Trinajstić information content (AvgIpc) is 3.26. The third-order valence-electron chi connectivity index (χ3n) is 3.46. The molecule has 26 heavy (non-hydrogen) atoms. The van der Waals surface area contributed by atoms with Gasteiger partial charge in [-0.1, -0.05) is 17.3 Å². The summed E-state index contributed by atoms with van der Waals surface area (Å²) in [5.74, 6) is -0.819. The smallest absolute Gasteiger partial charge is 0.469 e. The van der Waals surface area contributed by atoms with Crippen LogP contribution in [0.15, 0.2) is 47.1 Å². The van der Waals surface area contributed by atoms with Gasteiger partial charge in [0.05, 0.1) is 11.0 Å². The Balaban J connectivity index is 1.51. The topological polar surface area (TPSA) is 89.7 Å². The lowest BCUT2D eigenvalue weighted by molar-refractivity contribution is -0.159. The maximum Gasteiger partial charge on any atom is 0.471 e. The number of aromatic amines is 1. The Kier molecular flexibility index (Phi) is 3.79. The number of hydrogen-bond acceptors (Lipinski definition) is 6. The highest BCUT2D eigenvalue weighted by Crippen LogP contribution is 2.29. The van der Waals surface area contributed by atoms with Crippen molar-refractivity contribution in [3.05, 3.63) is 54.3 Å². The molecule has 0 unspecified atom stereocenters. The van der Waals surface area contributed by atoms with E-state index >= 15 is 0 Å². The largest absolute Gasteiger partial charge is 0.471 e. The van der Waals surface area contributed by atoms with Crippen LogP contribution in [-0.2, 0) is 12.8 Å². The number of H-pyrrole nitrogens is 1. The van der Waals surface area contributed by atoms with E-state index in [1.165, 1.54) is 18.3 Å². The summed E-state index contributed by atoms with van der Waals surface area (Å²) in [5, 5.41) is 3.33. The van der Waals surface area contributed by atoms with E-state index in [9.17, 15) is 13.2 Å². The normalized spacial score (nSPS) is 11.8. The summed E-state index contributed by atoms with van der Waals surface area (Å²) in [6, 6.07) is 10.4. The number of fused-ring (bicyclic) bond motifs is 1. The fourth-order valence-corrected chi connectivity index (χ4v) is 2.30. The van der Waals surface area contributed by atoms with Crippen LogP contribution in [0.4, 0.5) is 13.2 Å². The number of pyridine rings is 1. The molecule has 3 heterocycles. The number of imidazole rings is 1. The van der Waals surface area contributed by atoms with Crippen molar-refractivity contribution in [2.75, 3.05) is 0 Å². The van der Waals surface area contributed by atoms with E-state index in [2.05, 4.69) is 29.6 Å². The first kappa shape index (κ1) is 16.1. The summed E-state index contributed by atoms with van der Waals surface area (Å²) in [4.78, 5) is 14.8. The molecule has 0 aliphatic carbocycles. The van der Waals surface area contributed by atoms with Crippen LogP contribution < -0.4 is 4.74 Å². The van der Waals surface area contributed by atoms with E-state index in [-0.39, 0.29) is 18.3 Å². The number of alkyl halides is 3. The summed E-state index contributed by atoms with van der Waals surface area (Å²) in [7, 11) is 0. The second-order valence-electron chi connectivity index (χ2n) is 5.29. The summed E-state index contributed by atoms with van der Waals surface area (Å²) < 4.78 is 47.4. The molecule has 0 saturated carbocycles. The molecule has 0 aliphatic heterocycles. The van der Waals surface area contributed by atoms with Crippen LogP contribution in [0.3, 0.4) is 0 Å². The van der Waals surface area contributed by atoms with E-state index in [1.807, 2.05) is 24.3 Å². The number of nitrogens with zero attached hydrogens (tertiary/aromatic N) is 4. The molecule has 0 fully saturated rings. The van der Waals surface area contributed by atoms with Gasteiger partial charge in [0.25, 0.3) is 0 Å². The highest BCUT2D eigenvalue weighted by molar-refractivity contribution is 5.74. The number of nitrogens with one attached hydrogen (secondary N) is 1. The quantitative estimate of drug-likeness (QED) is 0.597. The van der Waals surface area contributed by atoms with Gasteiger partial charge in [0, 0.05) is 17.8 Å². The molecule has 0 radical (unpaired) electrons. The SMILES string of the molecule is FC(F)(F)c1nc(-c2ccnc(OCc3nc4ccccc4[nH]3)c2)no1. The summed E-state index contributed by atoms with van der Waals surface area (Å²) >= 11 is 0. The Morgan fingerprint density at radius 3 is 2.73 bits per heavy atom. The minimum absolute atomic E-state index is 0.116. The van der Waals surface area contributed by atoms with Crippen molar-refractivity contribution >= 4 is 11.0 Å². The lowest BCUT2D eigenvalue weighted by atomic mass is 10.2. The van der Waals surface area contributed by atoms with Crippen LogP contribution in [0.1, 0.15) is 11.7 Å². The number of aromatic nitrogens is 5. The molecular formula is C16H10F3N5O2. The molecule has 4 rings (SSSR count). The van der Waals surface area contributed by atoms with Gasteiger partial charge in [0.2, 0.25) is 11.7 Å². The summed E-state index contributed by atoms with van der Waals surface area (Å²) in [6.07, 6.45) is -3.31. The lowest BCUT2D eigenvalue weighted by Gasteiger charge is -2.03. The summed E-state index contributed by atoms with van der Waals surface area (Å²) in [6.45, 7) is 0.116. The third kappa shape index (κ3) is 3.21. The molecule has 0 amide bonds. The van der Waals surface area contributed by atoms with Gasteiger partial charge in [-0.2, -0.15) is 18.2 Å². The first-order valence-electron chi connectivity index (χ1n) is 7.43. The minimum atomic E-state index is -4.70. The molecule has 0 bridgehead atoms. The molecule has 0 spiro atoms. The van der Waals surface area contributed by atoms with Crippen LogP contribution in [0.2, 0.25) is 0 Å². The predicted octanol–water partition coefficient (Wildman–Crippen LogP) is 3.61. The molecule has 3 aromatic heterocycles. The second-order valence-corrected chi connectivity index (χ2v) is 5.29. The van der Waals surface area contributed by atoms with Gasteiger partial charge in [-0.25, -0.2) is 9.97 Å². The van der Waals surface area contributed by atoms with Gasteiger partial charge in [0.15, 0.2) is 0 Å². The number of hydrogen-bond donors (Lipinski definition) is 1. The van der Waals surface area contributed by atoms with E-state index < -0.39 is 12.1 Å². The highest BCUT2D eigenvalue weighted by atomic mass is 19.4. The van der Waals surface area contributed by atoms with E-state index in [4.69, 9.17) is 4.74 Å². The standard InChI is InChI=1S/C16H10F3N5O2/c17-16(18,19)15-23-14(24-26-15)9-5-6-20-13(7-9)25-8-12-21-10-3-1-2-4-11(10)22-12/h1-7H,8H2,(H,21,22). The molecule has 1 aromatic carbocycles. The van der Waals surface area contributed by atoms with Crippen LogP contribution in [0.25, 0.3) is 22.4 Å². The van der Waals surface area contributed by atoms with Crippen LogP contribution in [0, 0.1) is 0 Å². The van der Waals surface area contributed by atoms with Crippen molar-refractivity contribution < 1.29 is 22.4 Å². The highest BCUT2D eigenvalue weighted by Gasteiger charge is 2.38. The second kappa shape index (κ2) is 6.14. The molecule has 1 N–H and O–H groups in total. The van der Waals surface area contributed by atoms with Crippen molar-refractivity contribution in [2.24, 2.45) is 0 Å². The first-order valence-corrected chi connectivity index (χ1v) is 7.43. The zero-order valence-electron chi connectivity index (χ0n) is 13.0.